The van der Waals surface area contributed by atoms with Crippen LogP contribution in [0.25, 0.3) is 0 Å². The molecule has 2 aromatic rings. The molecule has 1 amide bonds. The number of hydrogen-bond acceptors (Lipinski definition) is 2. The topological polar surface area (TPSA) is 33.2 Å². The quantitative estimate of drug-likeness (QED) is 0.755. The lowest BCUT2D eigenvalue weighted by molar-refractivity contribution is 0.0649. The Morgan fingerprint density at radius 1 is 1.05 bits per heavy atom. The van der Waals surface area contributed by atoms with Crippen LogP contribution in [-0.4, -0.2) is 28.4 Å². The molecule has 2 rings (SSSR count). The van der Waals surface area contributed by atoms with Gasteiger partial charge in [-0.2, -0.15) is 0 Å². The highest BCUT2D eigenvalue weighted by Crippen LogP contribution is 2.15. The maximum absolute atomic E-state index is 12.6. The van der Waals surface area contributed by atoms with E-state index in [0.29, 0.717) is 11.3 Å². The van der Waals surface area contributed by atoms with Crippen LogP contribution < -0.4 is 0 Å². The molecular weight excluding hydrogens is 272 g/mol. The molecule has 3 heteroatoms. The van der Waals surface area contributed by atoms with Gasteiger partial charge < -0.3 is 4.90 Å². The highest BCUT2D eigenvalue weighted by atomic mass is 16.2. The minimum absolute atomic E-state index is 0.120. The maximum atomic E-state index is 12.6. The van der Waals surface area contributed by atoms with E-state index in [4.69, 9.17) is 0 Å². The monoisotopic (exact) mass is 292 g/mol. The van der Waals surface area contributed by atoms with Crippen molar-refractivity contribution in [2.75, 3.05) is 7.05 Å². The van der Waals surface area contributed by atoms with Crippen LogP contribution in [-0.2, 0) is 0 Å². The van der Waals surface area contributed by atoms with Crippen LogP contribution in [0.4, 0.5) is 0 Å². The fraction of sp³-hybridized carbons (Fsp3) is 0.263. The second-order valence-corrected chi connectivity index (χ2v) is 6.05. The lowest BCUT2D eigenvalue weighted by Crippen LogP contribution is -2.43. The largest absolute Gasteiger partial charge is 0.335 e. The number of carbonyl (C=O) groups excluding carboxylic acids is 1. The van der Waals surface area contributed by atoms with Gasteiger partial charge in [0.2, 0.25) is 0 Å². The Balaban J connectivity index is 2.36. The zero-order valence-electron chi connectivity index (χ0n) is 13.4. The summed E-state index contributed by atoms with van der Waals surface area (Å²) in [5.41, 5.74) is 1.68. The second kappa shape index (κ2) is 6.44. The number of nitrogens with zero attached hydrogens (tertiary/aromatic N) is 2. The van der Waals surface area contributed by atoms with Crippen molar-refractivity contribution in [2.24, 2.45) is 0 Å². The lowest BCUT2D eigenvalue weighted by atomic mass is 10.1. The van der Waals surface area contributed by atoms with Crippen LogP contribution >= 0.6 is 0 Å². The van der Waals surface area contributed by atoms with Gasteiger partial charge in [0.15, 0.2) is 0 Å². The Morgan fingerprint density at radius 2 is 1.73 bits per heavy atom. The van der Waals surface area contributed by atoms with Gasteiger partial charge >= 0.3 is 0 Å². The molecule has 1 aromatic heterocycles. The first-order chi connectivity index (χ1) is 10.4. The summed E-state index contributed by atoms with van der Waals surface area (Å²) in [5, 5.41) is 0. The number of benzene rings is 1. The molecule has 1 heterocycles. The SMILES string of the molecule is CN(C(=O)c1ncccc1C#Cc1ccccc1)C(C)(C)C. The normalized spacial score (nSPS) is 10.5. The van der Waals surface area contributed by atoms with E-state index < -0.39 is 0 Å². The minimum atomic E-state index is -0.265. The van der Waals surface area contributed by atoms with E-state index in [2.05, 4.69) is 16.8 Å². The third-order valence-corrected chi connectivity index (χ3v) is 3.44. The average molecular weight is 292 g/mol. The number of amides is 1. The number of rotatable bonds is 1. The zero-order chi connectivity index (χ0) is 16.2. The van der Waals surface area contributed by atoms with Gasteiger partial charge in [0.1, 0.15) is 5.69 Å². The van der Waals surface area contributed by atoms with E-state index in [9.17, 15) is 4.79 Å². The van der Waals surface area contributed by atoms with Crippen LogP contribution in [0.1, 0.15) is 42.4 Å². The molecule has 0 saturated heterocycles. The molecule has 22 heavy (non-hydrogen) atoms. The minimum Gasteiger partial charge on any atom is -0.335 e. The molecule has 1 aromatic carbocycles. The van der Waals surface area contributed by atoms with Gasteiger partial charge in [-0.3, -0.25) is 4.79 Å². The van der Waals surface area contributed by atoms with E-state index in [1.54, 1.807) is 24.2 Å². The Labute approximate surface area is 132 Å². The van der Waals surface area contributed by atoms with Crippen LogP contribution in [0.2, 0.25) is 0 Å². The van der Waals surface area contributed by atoms with Crippen molar-refractivity contribution in [3.05, 3.63) is 65.5 Å². The van der Waals surface area contributed by atoms with Gasteiger partial charge in [0.25, 0.3) is 5.91 Å². The van der Waals surface area contributed by atoms with Crippen molar-refractivity contribution in [3.63, 3.8) is 0 Å². The molecule has 112 valence electrons. The maximum Gasteiger partial charge on any atom is 0.273 e. The van der Waals surface area contributed by atoms with Crippen LogP contribution in [0.3, 0.4) is 0 Å². The lowest BCUT2D eigenvalue weighted by Gasteiger charge is -2.31. The average Bonchev–Trinajstić information content (AvgIpc) is 2.52. The summed E-state index contributed by atoms with van der Waals surface area (Å²) < 4.78 is 0. The number of carbonyl (C=O) groups is 1. The summed E-state index contributed by atoms with van der Waals surface area (Å²) in [6, 6.07) is 13.3. The third-order valence-electron chi connectivity index (χ3n) is 3.44. The molecule has 0 spiro atoms. The van der Waals surface area contributed by atoms with Gasteiger partial charge in [-0.15, -0.1) is 0 Å². The third kappa shape index (κ3) is 3.73. The zero-order valence-corrected chi connectivity index (χ0v) is 13.4. The van der Waals surface area contributed by atoms with E-state index in [1.165, 1.54) is 0 Å². The first-order valence-electron chi connectivity index (χ1n) is 7.20. The molecule has 3 nitrogen and oxygen atoms in total. The molecule has 0 aliphatic heterocycles. The summed E-state index contributed by atoms with van der Waals surface area (Å²) in [6.45, 7) is 5.97. The molecule has 0 bridgehead atoms. The molecule has 0 fully saturated rings. The summed E-state index contributed by atoms with van der Waals surface area (Å²) >= 11 is 0. The first kappa shape index (κ1) is 15.8. The van der Waals surface area contributed by atoms with Crippen LogP contribution in [0.15, 0.2) is 48.7 Å². The van der Waals surface area contributed by atoms with Crippen molar-refractivity contribution < 1.29 is 4.79 Å². The Kier molecular flexibility index (Phi) is 4.62. The number of pyridine rings is 1. The number of hydrogen-bond donors (Lipinski definition) is 0. The van der Waals surface area contributed by atoms with Crippen molar-refractivity contribution in [1.29, 1.82) is 0 Å². The molecule has 0 atom stereocenters. The highest BCUT2D eigenvalue weighted by Gasteiger charge is 2.25. The molecular formula is C19H20N2O. The van der Waals surface area contributed by atoms with E-state index in [-0.39, 0.29) is 11.4 Å². The molecule has 0 saturated carbocycles. The van der Waals surface area contributed by atoms with Crippen LogP contribution in [0.5, 0.6) is 0 Å². The Hall–Kier alpha value is -2.60. The standard InChI is InChI=1S/C19H20N2O/c1-19(2,3)21(4)18(22)17-16(11-8-14-20-17)13-12-15-9-6-5-7-10-15/h5-11,14H,1-4H3. The predicted molar refractivity (Wildman–Crippen MR) is 88.5 cm³/mol. The predicted octanol–water partition coefficient (Wildman–Crippen LogP) is 3.35. The molecule has 0 radical (unpaired) electrons. The van der Waals surface area contributed by atoms with Gasteiger partial charge in [-0.1, -0.05) is 30.0 Å². The summed E-state index contributed by atoms with van der Waals surface area (Å²) in [4.78, 5) is 18.5. The van der Waals surface area contributed by atoms with Crippen molar-refractivity contribution in [2.45, 2.75) is 26.3 Å². The Bertz CT molecular complexity index is 718. The summed E-state index contributed by atoms with van der Waals surface area (Å²) in [6.07, 6.45) is 1.62. The van der Waals surface area contributed by atoms with Crippen molar-refractivity contribution >= 4 is 5.91 Å². The van der Waals surface area contributed by atoms with E-state index in [1.807, 2.05) is 57.2 Å². The smallest absolute Gasteiger partial charge is 0.273 e. The molecule has 0 aliphatic carbocycles. The highest BCUT2D eigenvalue weighted by molar-refractivity contribution is 5.95. The summed E-state index contributed by atoms with van der Waals surface area (Å²) in [7, 11) is 1.78. The molecule has 0 unspecified atom stereocenters. The molecule has 0 aliphatic rings. The van der Waals surface area contributed by atoms with Gasteiger partial charge in [-0.25, -0.2) is 4.98 Å². The van der Waals surface area contributed by atoms with Crippen molar-refractivity contribution in [1.82, 2.24) is 9.88 Å². The van der Waals surface area contributed by atoms with Crippen LogP contribution in [0, 0.1) is 11.8 Å². The Morgan fingerprint density at radius 3 is 2.36 bits per heavy atom. The van der Waals surface area contributed by atoms with Crippen molar-refractivity contribution in [3.8, 4) is 11.8 Å². The van der Waals surface area contributed by atoms with Gasteiger partial charge in [0.05, 0.1) is 5.56 Å². The summed E-state index contributed by atoms with van der Waals surface area (Å²) in [5.74, 6) is 6.01. The fourth-order valence-corrected chi connectivity index (χ4v) is 1.80. The first-order valence-corrected chi connectivity index (χ1v) is 7.20. The fourth-order valence-electron chi connectivity index (χ4n) is 1.80. The van der Waals surface area contributed by atoms with E-state index >= 15 is 0 Å². The van der Waals surface area contributed by atoms with E-state index in [0.717, 1.165) is 5.56 Å². The van der Waals surface area contributed by atoms with Gasteiger partial charge in [0, 0.05) is 24.3 Å². The number of aromatic nitrogens is 1. The van der Waals surface area contributed by atoms with Gasteiger partial charge in [-0.05, 0) is 45.0 Å². The second-order valence-electron chi connectivity index (χ2n) is 6.05. The molecule has 0 N–H and O–H groups in total.